The number of rotatable bonds is 5. The number of benzene rings is 2. The maximum absolute atomic E-state index is 6.12. The molecule has 1 saturated heterocycles. The number of ether oxygens (including phenoxy) is 1. The first-order chi connectivity index (χ1) is 11.2. The van der Waals surface area contributed by atoms with Crippen LogP contribution >= 0.6 is 11.6 Å². The van der Waals surface area contributed by atoms with E-state index < -0.39 is 0 Å². The van der Waals surface area contributed by atoms with Crippen molar-refractivity contribution in [3.8, 4) is 11.5 Å². The maximum Gasteiger partial charge on any atom is 0.146 e. The van der Waals surface area contributed by atoms with E-state index in [9.17, 15) is 0 Å². The third kappa shape index (κ3) is 4.37. The monoisotopic (exact) mass is 327 g/mol. The Kier molecular flexibility index (Phi) is 5.37. The molecule has 3 heteroatoms. The zero-order valence-corrected chi connectivity index (χ0v) is 14.2. The van der Waals surface area contributed by atoms with Crippen molar-refractivity contribution in [2.45, 2.75) is 19.8 Å². The summed E-state index contributed by atoms with van der Waals surface area (Å²) in [5.41, 5.74) is 2.54. The number of hydrogen-bond donors (Lipinski definition) is 0. The van der Waals surface area contributed by atoms with Crippen LogP contribution < -0.4 is 4.74 Å². The van der Waals surface area contributed by atoms with Gasteiger partial charge in [0.1, 0.15) is 11.5 Å². The molecule has 0 unspecified atom stereocenters. The van der Waals surface area contributed by atoms with Gasteiger partial charge in [-0.15, -0.1) is 0 Å². The predicted octanol–water partition coefficient (Wildman–Crippen LogP) is 5.63. The van der Waals surface area contributed by atoms with Gasteiger partial charge in [-0.2, -0.15) is 0 Å². The molecule has 2 aromatic rings. The van der Waals surface area contributed by atoms with Crippen LogP contribution in [0.15, 0.2) is 54.6 Å². The van der Waals surface area contributed by atoms with Gasteiger partial charge in [0.25, 0.3) is 0 Å². The quantitative estimate of drug-likeness (QED) is 0.705. The fraction of sp³-hybridized carbons (Fsp3) is 0.300. The Bertz CT molecular complexity index is 672. The van der Waals surface area contributed by atoms with E-state index in [1.165, 1.54) is 37.1 Å². The van der Waals surface area contributed by atoms with Crippen LogP contribution in [0.1, 0.15) is 25.3 Å². The summed E-state index contributed by atoms with van der Waals surface area (Å²) < 4.78 is 5.83. The molecule has 1 fully saturated rings. The van der Waals surface area contributed by atoms with Crippen molar-refractivity contribution < 1.29 is 4.74 Å². The van der Waals surface area contributed by atoms with Crippen LogP contribution in [0.3, 0.4) is 0 Å². The van der Waals surface area contributed by atoms with Crippen LogP contribution in [0.4, 0.5) is 0 Å². The van der Waals surface area contributed by atoms with E-state index in [4.69, 9.17) is 16.3 Å². The molecule has 120 valence electrons. The van der Waals surface area contributed by atoms with Gasteiger partial charge >= 0.3 is 0 Å². The molecule has 1 heterocycles. The topological polar surface area (TPSA) is 12.5 Å². The van der Waals surface area contributed by atoms with Gasteiger partial charge in [-0.3, -0.25) is 4.90 Å². The second kappa shape index (κ2) is 7.67. The number of hydrogen-bond acceptors (Lipinski definition) is 2. The van der Waals surface area contributed by atoms with E-state index in [-0.39, 0.29) is 0 Å². The van der Waals surface area contributed by atoms with Crippen LogP contribution in [0.5, 0.6) is 11.5 Å². The number of para-hydroxylation sites is 1. The molecular weight excluding hydrogens is 306 g/mol. The van der Waals surface area contributed by atoms with E-state index in [0.29, 0.717) is 10.8 Å². The highest BCUT2D eigenvalue weighted by molar-refractivity contribution is 6.32. The molecule has 0 radical (unpaired) electrons. The molecular formula is C20H22ClNO. The smallest absolute Gasteiger partial charge is 0.146 e. The normalized spacial score (nSPS) is 15.8. The lowest BCUT2D eigenvalue weighted by Gasteiger charge is -2.12. The third-order valence-corrected chi connectivity index (χ3v) is 4.54. The molecule has 23 heavy (non-hydrogen) atoms. The molecule has 0 bridgehead atoms. The Hall–Kier alpha value is -1.77. The van der Waals surface area contributed by atoms with Crippen LogP contribution in [-0.2, 0) is 0 Å². The van der Waals surface area contributed by atoms with Gasteiger partial charge in [0, 0.05) is 6.54 Å². The zero-order chi connectivity index (χ0) is 16.1. The Labute approximate surface area is 143 Å². The minimum Gasteiger partial charge on any atom is -0.456 e. The lowest BCUT2D eigenvalue weighted by atomic mass is 10.1. The van der Waals surface area contributed by atoms with Crippen LogP contribution in [-0.4, -0.2) is 24.5 Å². The summed E-state index contributed by atoms with van der Waals surface area (Å²) in [6, 6.07) is 15.7. The fourth-order valence-electron chi connectivity index (χ4n) is 2.79. The second-order valence-electron chi connectivity index (χ2n) is 5.95. The lowest BCUT2D eigenvalue weighted by molar-refractivity contribution is 0.377. The number of allylic oxidation sites excluding steroid dienone is 1. The van der Waals surface area contributed by atoms with E-state index in [1.54, 1.807) is 0 Å². The molecule has 1 aliphatic heterocycles. The van der Waals surface area contributed by atoms with Crippen molar-refractivity contribution in [3.05, 3.63) is 65.2 Å². The summed E-state index contributed by atoms with van der Waals surface area (Å²) in [6.07, 6.45) is 4.98. The Morgan fingerprint density at radius 3 is 2.48 bits per heavy atom. The predicted molar refractivity (Wildman–Crippen MR) is 97.3 cm³/mol. The van der Waals surface area contributed by atoms with Crippen molar-refractivity contribution in [1.82, 2.24) is 4.90 Å². The average molecular weight is 328 g/mol. The van der Waals surface area contributed by atoms with Gasteiger partial charge < -0.3 is 4.74 Å². The Balaban J connectivity index is 1.64. The number of nitrogens with zero attached hydrogens (tertiary/aromatic N) is 1. The van der Waals surface area contributed by atoms with Crippen molar-refractivity contribution >= 4 is 17.2 Å². The highest BCUT2D eigenvalue weighted by Gasteiger charge is 2.09. The van der Waals surface area contributed by atoms with Gasteiger partial charge in [-0.1, -0.05) is 41.9 Å². The molecule has 2 nitrogen and oxygen atoms in total. The molecule has 3 rings (SSSR count). The average Bonchev–Trinajstić information content (AvgIpc) is 3.09. The number of likely N-dealkylation sites (tertiary alicyclic amines) is 1. The summed E-state index contributed by atoms with van der Waals surface area (Å²) in [4.78, 5) is 2.50. The standard InChI is InChI=1S/C20H22ClNO/c1-16(12-15-22-13-4-5-14-22)17-8-10-18(11-9-17)23-20-7-3-2-6-19(20)21/h2-3,6-12H,4-5,13-15H2,1H3. The zero-order valence-electron chi connectivity index (χ0n) is 13.5. The van der Waals surface area contributed by atoms with E-state index in [1.807, 2.05) is 36.4 Å². The summed E-state index contributed by atoms with van der Waals surface area (Å²) >= 11 is 6.12. The summed E-state index contributed by atoms with van der Waals surface area (Å²) in [6.45, 7) is 5.67. The lowest BCUT2D eigenvalue weighted by Crippen LogP contribution is -2.18. The van der Waals surface area contributed by atoms with Gasteiger partial charge in [-0.25, -0.2) is 0 Å². The van der Waals surface area contributed by atoms with Crippen LogP contribution in [0.25, 0.3) is 5.57 Å². The summed E-state index contributed by atoms with van der Waals surface area (Å²) in [5.74, 6) is 1.48. The molecule has 0 saturated carbocycles. The molecule has 0 spiro atoms. The van der Waals surface area contributed by atoms with Gasteiger partial charge in [0.15, 0.2) is 0 Å². The van der Waals surface area contributed by atoms with Gasteiger partial charge in [0.05, 0.1) is 5.02 Å². The van der Waals surface area contributed by atoms with Gasteiger partial charge in [-0.05, 0) is 68.3 Å². The minimum atomic E-state index is 0.623. The second-order valence-corrected chi connectivity index (χ2v) is 6.36. The number of halogens is 1. The highest BCUT2D eigenvalue weighted by Crippen LogP contribution is 2.29. The van der Waals surface area contributed by atoms with Crippen LogP contribution in [0, 0.1) is 0 Å². The minimum absolute atomic E-state index is 0.623. The molecule has 0 aliphatic carbocycles. The van der Waals surface area contributed by atoms with Crippen molar-refractivity contribution in [3.63, 3.8) is 0 Å². The first-order valence-electron chi connectivity index (χ1n) is 8.14. The first-order valence-corrected chi connectivity index (χ1v) is 8.52. The molecule has 0 atom stereocenters. The van der Waals surface area contributed by atoms with Crippen molar-refractivity contribution in [2.24, 2.45) is 0 Å². The van der Waals surface area contributed by atoms with E-state index >= 15 is 0 Å². The first kappa shape index (κ1) is 16.1. The molecule has 0 N–H and O–H groups in total. The third-order valence-electron chi connectivity index (χ3n) is 4.23. The molecule has 2 aromatic carbocycles. The SMILES string of the molecule is CC(=CCN1CCCC1)c1ccc(Oc2ccccc2Cl)cc1. The highest BCUT2D eigenvalue weighted by atomic mass is 35.5. The Morgan fingerprint density at radius 2 is 1.78 bits per heavy atom. The summed E-state index contributed by atoms with van der Waals surface area (Å²) in [7, 11) is 0. The maximum atomic E-state index is 6.12. The Morgan fingerprint density at radius 1 is 1.09 bits per heavy atom. The fourth-order valence-corrected chi connectivity index (χ4v) is 2.96. The molecule has 1 aliphatic rings. The van der Waals surface area contributed by atoms with E-state index in [0.717, 1.165) is 12.3 Å². The molecule has 0 aromatic heterocycles. The van der Waals surface area contributed by atoms with Crippen molar-refractivity contribution in [1.29, 1.82) is 0 Å². The van der Waals surface area contributed by atoms with Gasteiger partial charge in [0.2, 0.25) is 0 Å². The van der Waals surface area contributed by atoms with E-state index in [2.05, 4.69) is 30.0 Å². The molecule has 0 amide bonds. The van der Waals surface area contributed by atoms with Crippen molar-refractivity contribution in [2.75, 3.05) is 19.6 Å². The largest absolute Gasteiger partial charge is 0.456 e. The van der Waals surface area contributed by atoms with Crippen LogP contribution in [0.2, 0.25) is 5.02 Å². The summed E-state index contributed by atoms with van der Waals surface area (Å²) in [5, 5.41) is 0.623.